The second-order valence-corrected chi connectivity index (χ2v) is 9.40. The van der Waals surface area contributed by atoms with E-state index in [1.165, 1.54) is 18.2 Å². The van der Waals surface area contributed by atoms with E-state index in [0.717, 1.165) is 4.31 Å². The van der Waals surface area contributed by atoms with Crippen LogP contribution in [0.4, 0.5) is 11.4 Å². The number of ether oxygens (including phenoxy) is 1. The zero-order chi connectivity index (χ0) is 24.0. The van der Waals surface area contributed by atoms with Gasteiger partial charge in [0.1, 0.15) is 6.54 Å². The minimum Gasteiger partial charge on any atom is -0.462 e. The average molecular weight is 487 g/mol. The van der Waals surface area contributed by atoms with Crippen molar-refractivity contribution in [1.82, 2.24) is 0 Å². The lowest BCUT2D eigenvalue weighted by Gasteiger charge is -2.25. The maximum atomic E-state index is 13.4. The fourth-order valence-electron chi connectivity index (χ4n) is 3.19. The molecule has 0 aromatic heterocycles. The first-order valence-corrected chi connectivity index (χ1v) is 11.9. The van der Waals surface area contributed by atoms with Crippen LogP contribution in [-0.2, 0) is 19.6 Å². The largest absolute Gasteiger partial charge is 0.462 e. The highest BCUT2D eigenvalue weighted by Gasteiger charge is 2.28. The van der Waals surface area contributed by atoms with Gasteiger partial charge in [-0.3, -0.25) is 9.10 Å². The molecule has 0 unspecified atom stereocenters. The molecule has 0 heterocycles. The minimum absolute atomic E-state index is 0.0523. The lowest BCUT2D eigenvalue weighted by Crippen LogP contribution is -2.38. The van der Waals surface area contributed by atoms with Gasteiger partial charge >= 0.3 is 5.97 Å². The van der Waals surface area contributed by atoms with Gasteiger partial charge < -0.3 is 10.1 Å². The number of nitrogens with one attached hydrogen (secondary N) is 1. The first-order valence-electron chi connectivity index (χ1n) is 10.1. The number of hydrogen-bond donors (Lipinski definition) is 1. The first-order chi connectivity index (χ1) is 15.7. The molecule has 3 rings (SSSR count). The molecule has 1 N–H and O–H groups in total. The Hall–Kier alpha value is -3.36. The van der Waals surface area contributed by atoms with E-state index in [9.17, 15) is 18.0 Å². The summed E-state index contributed by atoms with van der Waals surface area (Å²) in [4.78, 5) is 24.9. The fourth-order valence-corrected chi connectivity index (χ4v) is 4.92. The number of nitrogens with zero attached hydrogens (tertiary/aromatic N) is 1. The van der Waals surface area contributed by atoms with E-state index < -0.39 is 28.4 Å². The number of anilines is 2. The number of amides is 1. The SMILES string of the molecule is CCOC(=O)c1cccc(NC(=O)CN(c2ccc(Cl)cc2C)S(=O)(=O)c2ccccc2)c1. The highest BCUT2D eigenvalue weighted by Crippen LogP contribution is 2.29. The molecular weight excluding hydrogens is 464 g/mol. The van der Waals surface area contributed by atoms with E-state index >= 15 is 0 Å². The van der Waals surface area contributed by atoms with Crippen molar-refractivity contribution < 1.29 is 22.7 Å². The highest BCUT2D eigenvalue weighted by molar-refractivity contribution is 7.92. The summed E-state index contributed by atoms with van der Waals surface area (Å²) in [6.07, 6.45) is 0. The zero-order valence-corrected chi connectivity index (χ0v) is 19.7. The molecule has 9 heteroatoms. The molecule has 0 saturated heterocycles. The van der Waals surface area contributed by atoms with Crippen LogP contribution in [0, 0.1) is 6.92 Å². The summed E-state index contributed by atoms with van der Waals surface area (Å²) < 4.78 is 32.9. The average Bonchev–Trinajstić information content (AvgIpc) is 2.79. The topological polar surface area (TPSA) is 92.8 Å². The molecular formula is C24H23ClN2O5S. The van der Waals surface area contributed by atoms with Crippen LogP contribution in [-0.4, -0.2) is 33.4 Å². The summed E-state index contributed by atoms with van der Waals surface area (Å²) in [6, 6.07) is 18.9. The minimum atomic E-state index is -4.05. The Kier molecular flexibility index (Phi) is 7.73. The molecule has 0 atom stereocenters. The monoisotopic (exact) mass is 486 g/mol. The number of halogens is 1. The fraction of sp³-hybridized carbons (Fsp3) is 0.167. The summed E-state index contributed by atoms with van der Waals surface area (Å²) in [6.45, 7) is 3.16. The van der Waals surface area contributed by atoms with Gasteiger partial charge in [-0.25, -0.2) is 13.2 Å². The van der Waals surface area contributed by atoms with Crippen LogP contribution in [0.2, 0.25) is 5.02 Å². The molecule has 3 aromatic rings. The number of benzene rings is 3. The number of hydrogen-bond acceptors (Lipinski definition) is 5. The molecule has 172 valence electrons. The number of sulfonamides is 1. The Morgan fingerprint density at radius 1 is 1.00 bits per heavy atom. The third-order valence-electron chi connectivity index (χ3n) is 4.70. The zero-order valence-electron chi connectivity index (χ0n) is 18.1. The van der Waals surface area contributed by atoms with Crippen molar-refractivity contribution in [2.24, 2.45) is 0 Å². The van der Waals surface area contributed by atoms with Gasteiger partial charge in [-0.1, -0.05) is 35.9 Å². The van der Waals surface area contributed by atoms with E-state index in [-0.39, 0.29) is 17.1 Å². The molecule has 0 bridgehead atoms. The quantitative estimate of drug-likeness (QED) is 0.467. The van der Waals surface area contributed by atoms with Crippen LogP contribution in [0.1, 0.15) is 22.8 Å². The van der Waals surface area contributed by atoms with Crippen molar-refractivity contribution in [2.45, 2.75) is 18.7 Å². The number of carbonyl (C=O) groups excluding carboxylic acids is 2. The van der Waals surface area contributed by atoms with E-state index in [2.05, 4.69) is 5.32 Å². The summed E-state index contributed by atoms with van der Waals surface area (Å²) in [5.74, 6) is -1.09. The van der Waals surface area contributed by atoms with Crippen LogP contribution >= 0.6 is 11.6 Å². The van der Waals surface area contributed by atoms with Crippen LogP contribution in [0.15, 0.2) is 77.7 Å². The smallest absolute Gasteiger partial charge is 0.338 e. The lowest BCUT2D eigenvalue weighted by molar-refractivity contribution is -0.114. The molecule has 0 spiro atoms. The maximum Gasteiger partial charge on any atom is 0.338 e. The van der Waals surface area contributed by atoms with Gasteiger partial charge in [-0.15, -0.1) is 0 Å². The molecule has 0 aliphatic carbocycles. The van der Waals surface area contributed by atoms with Crippen molar-refractivity contribution in [3.63, 3.8) is 0 Å². The van der Waals surface area contributed by atoms with Gasteiger partial charge in [0, 0.05) is 10.7 Å². The standard InChI is InChI=1S/C24H23ClN2O5S/c1-3-32-24(29)18-8-7-9-20(15-18)26-23(28)16-27(22-13-12-19(25)14-17(22)2)33(30,31)21-10-5-4-6-11-21/h4-15H,3,16H2,1-2H3,(H,26,28). The van der Waals surface area contributed by atoms with E-state index in [1.807, 2.05) is 0 Å². The summed E-state index contributed by atoms with van der Waals surface area (Å²) in [7, 11) is -4.05. The molecule has 0 radical (unpaired) electrons. The first kappa shape index (κ1) is 24.3. The highest BCUT2D eigenvalue weighted by atomic mass is 35.5. The molecule has 1 amide bonds. The van der Waals surface area contributed by atoms with Crippen LogP contribution in [0.5, 0.6) is 0 Å². The maximum absolute atomic E-state index is 13.4. The Bertz CT molecular complexity index is 1260. The number of aryl methyl sites for hydroxylation is 1. The van der Waals surface area contributed by atoms with Crippen molar-refractivity contribution in [3.8, 4) is 0 Å². The number of esters is 1. The van der Waals surface area contributed by atoms with Crippen molar-refractivity contribution >= 4 is 44.9 Å². The molecule has 0 aliphatic rings. The van der Waals surface area contributed by atoms with Gasteiger partial charge in [0.25, 0.3) is 10.0 Å². The molecule has 7 nitrogen and oxygen atoms in total. The third-order valence-corrected chi connectivity index (χ3v) is 6.71. The Labute approximate surface area is 198 Å². The van der Waals surface area contributed by atoms with Crippen molar-refractivity contribution in [2.75, 3.05) is 22.8 Å². The predicted molar refractivity (Wildman–Crippen MR) is 128 cm³/mol. The molecule has 33 heavy (non-hydrogen) atoms. The van der Waals surface area contributed by atoms with E-state index in [4.69, 9.17) is 16.3 Å². The van der Waals surface area contributed by atoms with Crippen LogP contribution in [0.25, 0.3) is 0 Å². The molecule has 0 aliphatic heterocycles. The summed E-state index contributed by atoms with van der Waals surface area (Å²) >= 11 is 6.04. The van der Waals surface area contributed by atoms with Gasteiger partial charge in [0.2, 0.25) is 5.91 Å². The van der Waals surface area contributed by atoms with Gasteiger partial charge in [-0.05, 0) is 67.9 Å². The summed E-state index contributed by atoms with van der Waals surface area (Å²) in [5.41, 5.74) is 1.55. The normalized spacial score (nSPS) is 11.0. The van der Waals surface area contributed by atoms with Gasteiger partial charge in [0.05, 0.1) is 22.8 Å². The van der Waals surface area contributed by atoms with E-state index in [0.29, 0.717) is 22.0 Å². The van der Waals surface area contributed by atoms with Gasteiger partial charge in [-0.2, -0.15) is 0 Å². The molecule has 0 saturated carbocycles. The van der Waals surface area contributed by atoms with Crippen molar-refractivity contribution in [3.05, 3.63) is 88.9 Å². The summed E-state index contributed by atoms with van der Waals surface area (Å²) in [5, 5.41) is 3.11. The lowest BCUT2D eigenvalue weighted by atomic mass is 10.2. The van der Waals surface area contributed by atoms with E-state index in [1.54, 1.807) is 68.4 Å². The second kappa shape index (κ2) is 10.5. The Morgan fingerprint density at radius 2 is 1.73 bits per heavy atom. The van der Waals surface area contributed by atoms with Gasteiger partial charge in [0.15, 0.2) is 0 Å². The van der Waals surface area contributed by atoms with Crippen LogP contribution in [0.3, 0.4) is 0 Å². The molecule has 0 fully saturated rings. The van der Waals surface area contributed by atoms with Crippen LogP contribution < -0.4 is 9.62 Å². The molecule has 3 aromatic carbocycles. The number of rotatable bonds is 8. The Morgan fingerprint density at radius 3 is 2.39 bits per heavy atom. The number of carbonyl (C=O) groups is 2. The predicted octanol–water partition coefficient (Wildman–Crippen LogP) is 4.66. The second-order valence-electron chi connectivity index (χ2n) is 7.10. The Balaban J connectivity index is 1.92. The third kappa shape index (κ3) is 5.91. The van der Waals surface area contributed by atoms with Crippen molar-refractivity contribution in [1.29, 1.82) is 0 Å².